The Hall–Kier alpha value is -0.570. The van der Waals surface area contributed by atoms with Gasteiger partial charge in [-0.05, 0) is 32.7 Å². The first-order valence-corrected chi connectivity index (χ1v) is 5.29. The summed E-state index contributed by atoms with van der Waals surface area (Å²) in [4.78, 5) is 7.55. The third-order valence-electron chi connectivity index (χ3n) is 3.02. The van der Waals surface area contributed by atoms with Crippen molar-refractivity contribution in [2.45, 2.75) is 32.2 Å². The molecule has 3 nitrogen and oxygen atoms in total. The second-order valence-corrected chi connectivity index (χ2v) is 3.96. The molecule has 0 aromatic heterocycles. The van der Waals surface area contributed by atoms with Crippen LogP contribution in [-0.2, 0) is 4.84 Å². The summed E-state index contributed by atoms with van der Waals surface area (Å²) in [5.74, 6) is 0.636. The van der Waals surface area contributed by atoms with Crippen LogP contribution in [0.15, 0.2) is 5.16 Å². The van der Waals surface area contributed by atoms with E-state index in [1.54, 1.807) is 0 Å². The molecule has 2 atom stereocenters. The highest BCUT2D eigenvalue weighted by atomic mass is 16.6. The fourth-order valence-electron chi connectivity index (χ4n) is 2.44. The summed E-state index contributed by atoms with van der Waals surface area (Å²) in [6.45, 7) is 5.13. The van der Waals surface area contributed by atoms with Gasteiger partial charge in [0.1, 0.15) is 6.61 Å². The lowest BCUT2D eigenvalue weighted by Gasteiger charge is -2.12. The van der Waals surface area contributed by atoms with Crippen molar-refractivity contribution in [3.05, 3.63) is 0 Å². The third kappa shape index (κ3) is 2.02. The van der Waals surface area contributed by atoms with Crippen LogP contribution in [0.1, 0.15) is 26.2 Å². The molecule has 2 aliphatic heterocycles. The van der Waals surface area contributed by atoms with Crippen LogP contribution in [-0.4, -0.2) is 36.9 Å². The predicted octanol–water partition coefficient (Wildman–Crippen LogP) is 1.49. The van der Waals surface area contributed by atoms with Crippen molar-refractivity contribution in [3.63, 3.8) is 0 Å². The zero-order valence-corrected chi connectivity index (χ0v) is 8.28. The van der Waals surface area contributed by atoms with Crippen LogP contribution in [0.3, 0.4) is 0 Å². The van der Waals surface area contributed by atoms with Gasteiger partial charge in [-0.25, -0.2) is 0 Å². The van der Waals surface area contributed by atoms with Gasteiger partial charge in [-0.1, -0.05) is 5.16 Å². The second kappa shape index (κ2) is 4.09. The van der Waals surface area contributed by atoms with Crippen molar-refractivity contribution in [1.82, 2.24) is 4.90 Å². The Balaban J connectivity index is 1.78. The lowest BCUT2D eigenvalue weighted by Crippen LogP contribution is -2.22. The highest BCUT2D eigenvalue weighted by Gasteiger charge is 2.34. The van der Waals surface area contributed by atoms with E-state index in [-0.39, 0.29) is 0 Å². The molecule has 2 rings (SSSR count). The van der Waals surface area contributed by atoms with Crippen molar-refractivity contribution >= 4 is 6.21 Å². The molecule has 74 valence electrons. The van der Waals surface area contributed by atoms with Crippen LogP contribution >= 0.6 is 0 Å². The Morgan fingerprint density at radius 1 is 1.62 bits per heavy atom. The van der Waals surface area contributed by atoms with E-state index in [4.69, 9.17) is 4.84 Å². The predicted molar refractivity (Wildman–Crippen MR) is 52.8 cm³/mol. The molecular formula is C10H18N2O. The molecule has 2 heterocycles. The van der Waals surface area contributed by atoms with E-state index >= 15 is 0 Å². The Kier molecular flexibility index (Phi) is 2.83. The van der Waals surface area contributed by atoms with E-state index in [2.05, 4.69) is 10.1 Å². The zero-order chi connectivity index (χ0) is 9.10. The molecule has 0 spiro atoms. The van der Waals surface area contributed by atoms with Crippen molar-refractivity contribution in [3.8, 4) is 0 Å². The normalized spacial score (nSPS) is 34.2. The van der Waals surface area contributed by atoms with E-state index in [0.717, 1.165) is 6.04 Å². The lowest BCUT2D eigenvalue weighted by molar-refractivity contribution is 0.159. The Labute approximate surface area is 79.7 Å². The first-order chi connectivity index (χ1) is 6.40. The van der Waals surface area contributed by atoms with Gasteiger partial charge in [0.15, 0.2) is 0 Å². The van der Waals surface area contributed by atoms with Crippen molar-refractivity contribution in [2.24, 2.45) is 11.1 Å². The SMILES string of the molecule is CCO/N=C/C1CC2CCCN2C1. The zero-order valence-electron chi connectivity index (χ0n) is 8.28. The molecule has 2 saturated heterocycles. The molecule has 3 heteroatoms. The third-order valence-corrected chi connectivity index (χ3v) is 3.02. The number of hydrogen-bond donors (Lipinski definition) is 0. The standard InChI is InChI=1S/C10H18N2O/c1-2-13-11-7-9-6-10-4-3-5-12(10)8-9/h7,9-10H,2-6,8H2,1H3/b11-7+. The van der Waals surface area contributed by atoms with E-state index in [1.165, 1.54) is 32.4 Å². The molecule has 0 bridgehead atoms. The van der Waals surface area contributed by atoms with Gasteiger partial charge in [-0.3, -0.25) is 4.90 Å². The Bertz CT molecular complexity index is 181. The van der Waals surface area contributed by atoms with E-state index in [0.29, 0.717) is 12.5 Å². The topological polar surface area (TPSA) is 24.8 Å². The average Bonchev–Trinajstić information content (AvgIpc) is 2.64. The molecule has 0 aliphatic carbocycles. The monoisotopic (exact) mass is 182 g/mol. The Morgan fingerprint density at radius 2 is 2.54 bits per heavy atom. The summed E-state index contributed by atoms with van der Waals surface area (Å²) in [5, 5.41) is 3.95. The highest BCUT2D eigenvalue weighted by molar-refractivity contribution is 5.61. The summed E-state index contributed by atoms with van der Waals surface area (Å²) < 4.78 is 0. The molecule has 0 aromatic rings. The Morgan fingerprint density at radius 3 is 3.31 bits per heavy atom. The minimum Gasteiger partial charge on any atom is -0.396 e. The van der Waals surface area contributed by atoms with Crippen molar-refractivity contribution < 1.29 is 4.84 Å². The highest BCUT2D eigenvalue weighted by Crippen LogP contribution is 2.30. The molecular weight excluding hydrogens is 164 g/mol. The van der Waals surface area contributed by atoms with Crippen LogP contribution in [0.25, 0.3) is 0 Å². The number of hydrogen-bond acceptors (Lipinski definition) is 3. The van der Waals surface area contributed by atoms with Gasteiger partial charge in [-0.2, -0.15) is 0 Å². The van der Waals surface area contributed by atoms with E-state index < -0.39 is 0 Å². The summed E-state index contributed by atoms with van der Waals surface area (Å²) >= 11 is 0. The van der Waals surface area contributed by atoms with Gasteiger partial charge in [0, 0.05) is 24.7 Å². The maximum Gasteiger partial charge on any atom is 0.114 e. The van der Waals surface area contributed by atoms with Gasteiger partial charge < -0.3 is 4.84 Å². The number of rotatable bonds is 3. The molecule has 0 saturated carbocycles. The molecule has 0 aromatic carbocycles. The largest absolute Gasteiger partial charge is 0.396 e. The number of fused-ring (bicyclic) bond motifs is 1. The second-order valence-electron chi connectivity index (χ2n) is 3.96. The minimum atomic E-state index is 0.636. The molecule has 2 unspecified atom stereocenters. The molecule has 0 N–H and O–H groups in total. The fourth-order valence-corrected chi connectivity index (χ4v) is 2.44. The first-order valence-electron chi connectivity index (χ1n) is 5.29. The maximum absolute atomic E-state index is 4.97. The number of nitrogens with zero attached hydrogens (tertiary/aromatic N) is 2. The maximum atomic E-state index is 4.97. The average molecular weight is 182 g/mol. The molecule has 0 radical (unpaired) electrons. The smallest absolute Gasteiger partial charge is 0.114 e. The minimum absolute atomic E-state index is 0.636. The van der Waals surface area contributed by atoms with Gasteiger partial charge in [0.2, 0.25) is 0 Å². The van der Waals surface area contributed by atoms with E-state index in [9.17, 15) is 0 Å². The molecule has 2 aliphatic rings. The molecule has 0 amide bonds. The van der Waals surface area contributed by atoms with Crippen LogP contribution in [0.2, 0.25) is 0 Å². The summed E-state index contributed by atoms with van der Waals surface area (Å²) in [6, 6.07) is 0.845. The van der Waals surface area contributed by atoms with Crippen LogP contribution in [0.4, 0.5) is 0 Å². The van der Waals surface area contributed by atoms with Crippen LogP contribution in [0, 0.1) is 5.92 Å². The van der Waals surface area contributed by atoms with Gasteiger partial charge in [-0.15, -0.1) is 0 Å². The fraction of sp³-hybridized carbons (Fsp3) is 0.900. The van der Waals surface area contributed by atoms with Gasteiger partial charge in [0.05, 0.1) is 0 Å². The van der Waals surface area contributed by atoms with E-state index in [1.807, 2.05) is 13.1 Å². The van der Waals surface area contributed by atoms with Crippen molar-refractivity contribution in [2.75, 3.05) is 19.7 Å². The van der Waals surface area contributed by atoms with Crippen LogP contribution < -0.4 is 0 Å². The van der Waals surface area contributed by atoms with Gasteiger partial charge >= 0.3 is 0 Å². The van der Waals surface area contributed by atoms with Gasteiger partial charge in [0.25, 0.3) is 0 Å². The first kappa shape index (κ1) is 9.00. The van der Waals surface area contributed by atoms with Crippen LogP contribution in [0.5, 0.6) is 0 Å². The summed E-state index contributed by atoms with van der Waals surface area (Å²) in [7, 11) is 0. The summed E-state index contributed by atoms with van der Waals surface area (Å²) in [6.07, 6.45) is 6.05. The molecule has 13 heavy (non-hydrogen) atoms. The van der Waals surface area contributed by atoms with Crippen molar-refractivity contribution in [1.29, 1.82) is 0 Å². The lowest BCUT2D eigenvalue weighted by atomic mass is 10.1. The molecule has 2 fully saturated rings. The quantitative estimate of drug-likeness (QED) is 0.488. The number of oxime groups is 1. The summed E-state index contributed by atoms with van der Waals surface area (Å²) in [5.41, 5.74) is 0.